The SMILES string of the molecule is [SiH3]C(Cl)(Cl)CCl. The lowest BCUT2D eigenvalue weighted by Gasteiger charge is -2.04. The number of halogens is 3. The highest BCUT2D eigenvalue weighted by atomic mass is 35.5. The van der Waals surface area contributed by atoms with Crippen molar-refractivity contribution in [2.75, 3.05) is 5.88 Å². The van der Waals surface area contributed by atoms with E-state index in [0.717, 1.165) is 10.2 Å². The third kappa shape index (κ3) is 5.09. The maximum Gasteiger partial charge on any atom is 0.110 e. The maximum atomic E-state index is 5.41. The first-order valence-corrected chi connectivity index (χ1v) is 3.79. The molecule has 0 nitrogen and oxygen atoms in total. The minimum atomic E-state index is -0.610. The highest BCUT2D eigenvalue weighted by molar-refractivity contribution is 6.67. The molecular weight excluding hydrogens is 158 g/mol. The minimum Gasteiger partial charge on any atom is -0.124 e. The van der Waals surface area contributed by atoms with Gasteiger partial charge in [-0.1, -0.05) is 0 Å². The van der Waals surface area contributed by atoms with Crippen molar-refractivity contribution in [2.45, 2.75) is 3.96 Å². The Morgan fingerprint density at radius 2 is 1.67 bits per heavy atom. The average Bonchev–Trinajstić information content (AvgIpc) is 1.35. The molecule has 0 N–H and O–H groups in total. The lowest BCUT2D eigenvalue weighted by molar-refractivity contribution is 1.28. The average molecular weight is 164 g/mol. The Kier molecular flexibility index (Phi) is 2.84. The standard InChI is InChI=1S/C2H5Cl3Si/c3-1-2(4,5)6/h1H2,6H3. The van der Waals surface area contributed by atoms with Crippen LogP contribution in [-0.4, -0.2) is 20.1 Å². The van der Waals surface area contributed by atoms with Crippen LogP contribution in [0.2, 0.25) is 0 Å². The Labute approximate surface area is 55.2 Å². The summed E-state index contributed by atoms with van der Waals surface area (Å²) in [6, 6.07) is 0. The summed E-state index contributed by atoms with van der Waals surface area (Å²) < 4.78 is -0.610. The number of alkyl halides is 3. The van der Waals surface area contributed by atoms with Gasteiger partial charge >= 0.3 is 0 Å². The molecule has 0 aliphatic rings. The van der Waals surface area contributed by atoms with Crippen molar-refractivity contribution in [3.8, 4) is 0 Å². The Morgan fingerprint density at radius 1 is 1.50 bits per heavy atom. The molecule has 6 heavy (non-hydrogen) atoms. The molecule has 0 unspecified atom stereocenters. The van der Waals surface area contributed by atoms with Gasteiger partial charge in [-0.05, 0) is 0 Å². The third-order valence-electron chi connectivity index (χ3n) is 0.235. The van der Waals surface area contributed by atoms with Gasteiger partial charge in [-0.3, -0.25) is 0 Å². The van der Waals surface area contributed by atoms with Gasteiger partial charge in [0.25, 0.3) is 0 Å². The van der Waals surface area contributed by atoms with Gasteiger partial charge in [0.1, 0.15) is 3.96 Å². The van der Waals surface area contributed by atoms with Crippen molar-refractivity contribution in [1.29, 1.82) is 0 Å². The van der Waals surface area contributed by atoms with Crippen LogP contribution in [0.5, 0.6) is 0 Å². The summed E-state index contributed by atoms with van der Waals surface area (Å²) in [6.45, 7) is 0. The van der Waals surface area contributed by atoms with Crippen LogP contribution in [0.4, 0.5) is 0 Å². The van der Waals surface area contributed by atoms with E-state index in [2.05, 4.69) is 0 Å². The first kappa shape index (κ1) is 7.09. The summed E-state index contributed by atoms with van der Waals surface area (Å²) in [6.07, 6.45) is 0. The van der Waals surface area contributed by atoms with Crippen molar-refractivity contribution in [3.05, 3.63) is 0 Å². The lowest BCUT2D eigenvalue weighted by atomic mass is 10.9. The summed E-state index contributed by atoms with van der Waals surface area (Å²) in [5.41, 5.74) is 0. The van der Waals surface area contributed by atoms with Crippen molar-refractivity contribution in [3.63, 3.8) is 0 Å². The number of hydrogen-bond donors (Lipinski definition) is 0. The third-order valence-corrected chi connectivity index (χ3v) is 2.11. The van der Waals surface area contributed by atoms with Crippen molar-refractivity contribution < 1.29 is 0 Å². The molecule has 0 aliphatic carbocycles. The van der Waals surface area contributed by atoms with Crippen LogP contribution in [0.3, 0.4) is 0 Å². The highest BCUT2D eigenvalue weighted by Gasteiger charge is 2.12. The largest absolute Gasteiger partial charge is 0.124 e. The zero-order valence-electron chi connectivity index (χ0n) is 3.34. The van der Waals surface area contributed by atoms with E-state index in [1.165, 1.54) is 0 Å². The minimum absolute atomic E-state index is 0.336. The molecule has 0 atom stereocenters. The fourth-order valence-electron chi connectivity index (χ4n) is 0. The molecule has 38 valence electrons. The Morgan fingerprint density at radius 3 is 1.67 bits per heavy atom. The van der Waals surface area contributed by atoms with E-state index in [1.807, 2.05) is 0 Å². The fraction of sp³-hybridized carbons (Fsp3) is 1.00. The molecule has 0 saturated heterocycles. The molecule has 0 rings (SSSR count). The van der Waals surface area contributed by atoms with Crippen LogP contribution in [0, 0.1) is 0 Å². The molecule has 0 bridgehead atoms. The van der Waals surface area contributed by atoms with Gasteiger partial charge in [0, 0.05) is 0 Å². The van der Waals surface area contributed by atoms with Crippen LogP contribution in [0.25, 0.3) is 0 Å². The summed E-state index contributed by atoms with van der Waals surface area (Å²) in [5.74, 6) is 0.336. The highest BCUT2D eigenvalue weighted by Crippen LogP contribution is 2.16. The zero-order valence-corrected chi connectivity index (χ0v) is 7.61. The van der Waals surface area contributed by atoms with E-state index >= 15 is 0 Å². The molecule has 0 spiro atoms. The Hall–Kier alpha value is 1.09. The summed E-state index contributed by atoms with van der Waals surface area (Å²) >= 11 is 16.1. The summed E-state index contributed by atoms with van der Waals surface area (Å²) in [5, 5.41) is 0. The van der Waals surface area contributed by atoms with Gasteiger partial charge in [0.05, 0.1) is 16.1 Å². The number of hydrogen-bond acceptors (Lipinski definition) is 0. The maximum absolute atomic E-state index is 5.41. The molecule has 0 radical (unpaired) electrons. The monoisotopic (exact) mass is 162 g/mol. The second-order valence-corrected chi connectivity index (χ2v) is 6.31. The van der Waals surface area contributed by atoms with Crippen LogP contribution < -0.4 is 0 Å². The van der Waals surface area contributed by atoms with Gasteiger partial charge < -0.3 is 0 Å². The molecule has 0 aromatic rings. The smallest absolute Gasteiger partial charge is 0.110 e. The molecular formula is C2H5Cl3Si. The van der Waals surface area contributed by atoms with E-state index in [0.29, 0.717) is 5.88 Å². The van der Waals surface area contributed by atoms with Gasteiger partial charge in [0.15, 0.2) is 0 Å². The van der Waals surface area contributed by atoms with Gasteiger partial charge in [-0.2, -0.15) is 0 Å². The molecule has 0 aliphatic heterocycles. The van der Waals surface area contributed by atoms with Crippen LogP contribution in [-0.2, 0) is 0 Å². The molecule has 0 fully saturated rings. The van der Waals surface area contributed by atoms with Gasteiger partial charge in [-0.15, -0.1) is 34.8 Å². The fourth-order valence-corrected chi connectivity index (χ4v) is 0. The Bertz CT molecular complexity index is 38.5. The molecule has 0 aromatic heterocycles. The van der Waals surface area contributed by atoms with Crippen LogP contribution in [0.15, 0.2) is 0 Å². The van der Waals surface area contributed by atoms with Gasteiger partial charge in [-0.25, -0.2) is 0 Å². The lowest BCUT2D eigenvalue weighted by Crippen LogP contribution is -2.12. The van der Waals surface area contributed by atoms with Crippen LogP contribution in [0.1, 0.15) is 0 Å². The van der Waals surface area contributed by atoms with E-state index < -0.39 is 3.96 Å². The van der Waals surface area contributed by atoms with Crippen LogP contribution >= 0.6 is 34.8 Å². The summed E-state index contributed by atoms with van der Waals surface area (Å²) in [4.78, 5) is 0. The molecule has 0 heterocycles. The van der Waals surface area contributed by atoms with E-state index in [1.54, 1.807) is 0 Å². The normalized spacial score (nSPS) is 12.5. The molecule has 0 saturated carbocycles. The topological polar surface area (TPSA) is 0 Å². The predicted molar refractivity (Wildman–Crippen MR) is 35.1 cm³/mol. The molecule has 4 heteroatoms. The van der Waals surface area contributed by atoms with Crippen molar-refractivity contribution in [2.24, 2.45) is 0 Å². The molecule has 0 amide bonds. The second-order valence-electron chi connectivity index (χ2n) is 1.20. The Balaban J connectivity index is 3.17. The first-order chi connectivity index (χ1) is 2.56. The van der Waals surface area contributed by atoms with E-state index in [-0.39, 0.29) is 0 Å². The first-order valence-electron chi connectivity index (χ1n) is 1.50. The quantitative estimate of drug-likeness (QED) is 0.395. The summed E-state index contributed by atoms with van der Waals surface area (Å²) in [7, 11) is 0.728. The zero-order chi connectivity index (χ0) is 5.21. The van der Waals surface area contributed by atoms with Gasteiger partial charge in [0.2, 0.25) is 0 Å². The van der Waals surface area contributed by atoms with Crippen molar-refractivity contribution >= 4 is 45.0 Å². The van der Waals surface area contributed by atoms with E-state index in [4.69, 9.17) is 34.8 Å². The molecule has 0 aromatic carbocycles. The number of rotatable bonds is 1. The second kappa shape index (κ2) is 2.41. The van der Waals surface area contributed by atoms with Crippen molar-refractivity contribution in [1.82, 2.24) is 0 Å². The predicted octanol–water partition coefficient (Wildman–Crippen LogP) is 0.722. The van der Waals surface area contributed by atoms with E-state index in [9.17, 15) is 0 Å².